The molecular weight excluding hydrogens is 352 g/mol. The lowest BCUT2D eigenvalue weighted by molar-refractivity contribution is -0.141. The number of rotatable bonds is 3. The monoisotopic (exact) mass is 376 g/mol. The van der Waals surface area contributed by atoms with Crippen molar-refractivity contribution in [1.29, 1.82) is 0 Å². The van der Waals surface area contributed by atoms with Crippen LogP contribution in [0.3, 0.4) is 0 Å². The predicted molar refractivity (Wildman–Crippen MR) is 107 cm³/mol. The van der Waals surface area contributed by atoms with E-state index in [1.807, 2.05) is 44.2 Å². The van der Waals surface area contributed by atoms with E-state index in [0.29, 0.717) is 5.56 Å². The Labute approximate surface area is 164 Å². The van der Waals surface area contributed by atoms with E-state index in [4.69, 9.17) is 0 Å². The van der Waals surface area contributed by atoms with Gasteiger partial charge in [0.1, 0.15) is 5.76 Å². The van der Waals surface area contributed by atoms with Gasteiger partial charge < -0.3 is 10.0 Å². The van der Waals surface area contributed by atoms with Crippen LogP contribution in [-0.4, -0.2) is 32.7 Å². The Morgan fingerprint density at radius 1 is 1.07 bits per heavy atom. The van der Waals surface area contributed by atoms with Crippen molar-refractivity contribution >= 4 is 17.4 Å². The Bertz CT molecular complexity index is 959. The van der Waals surface area contributed by atoms with Crippen LogP contribution in [-0.2, 0) is 9.59 Å². The number of carbonyl (C=O) groups is 2. The Kier molecular flexibility index (Phi) is 4.75. The van der Waals surface area contributed by atoms with Gasteiger partial charge in [-0.25, -0.2) is 0 Å². The van der Waals surface area contributed by atoms with Crippen LogP contribution in [0.5, 0.6) is 0 Å². The summed E-state index contributed by atoms with van der Waals surface area (Å²) < 4.78 is 0. The molecule has 2 aliphatic rings. The highest BCUT2D eigenvalue weighted by molar-refractivity contribution is 6.46. The molecule has 5 heteroatoms. The molecule has 1 amide bonds. The molecule has 28 heavy (non-hydrogen) atoms. The number of benzene rings is 1. The van der Waals surface area contributed by atoms with E-state index in [9.17, 15) is 14.7 Å². The molecule has 1 aliphatic carbocycles. The molecule has 1 N–H and O–H groups in total. The third-order valence-corrected chi connectivity index (χ3v) is 5.87. The van der Waals surface area contributed by atoms with Gasteiger partial charge >= 0.3 is 0 Å². The van der Waals surface area contributed by atoms with Crippen LogP contribution in [0.1, 0.15) is 54.0 Å². The zero-order chi connectivity index (χ0) is 19.8. The minimum atomic E-state index is -0.605. The molecule has 0 spiro atoms. The largest absolute Gasteiger partial charge is 0.507 e. The normalized spacial score (nSPS) is 22.2. The van der Waals surface area contributed by atoms with Gasteiger partial charge in [0.2, 0.25) is 0 Å². The second kappa shape index (κ2) is 7.23. The maximum atomic E-state index is 13.0. The van der Waals surface area contributed by atoms with Crippen molar-refractivity contribution < 1.29 is 14.7 Å². The van der Waals surface area contributed by atoms with Gasteiger partial charge in [-0.05, 0) is 56.0 Å². The summed E-state index contributed by atoms with van der Waals surface area (Å²) in [4.78, 5) is 31.8. The number of aliphatic hydroxyl groups excluding tert-OH is 1. The average Bonchev–Trinajstić information content (AvgIpc) is 3.31. The van der Waals surface area contributed by atoms with Crippen LogP contribution >= 0.6 is 0 Å². The number of hydrogen-bond donors (Lipinski definition) is 1. The molecule has 1 saturated carbocycles. The number of nitrogens with zero attached hydrogens (tertiary/aromatic N) is 2. The highest BCUT2D eigenvalue weighted by Gasteiger charge is 2.49. The number of likely N-dealkylation sites (tertiary alicyclic amines) is 1. The van der Waals surface area contributed by atoms with Gasteiger partial charge in [-0.2, -0.15) is 0 Å². The second-order valence-corrected chi connectivity index (χ2v) is 7.74. The fraction of sp³-hybridized carbons (Fsp3) is 0.348. The first kappa shape index (κ1) is 18.4. The van der Waals surface area contributed by atoms with Crippen LogP contribution in [0, 0.1) is 13.8 Å². The van der Waals surface area contributed by atoms with Crippen molar-refractivity contribution in [2.24, 2.45) is 0 Å². The summed E-state index contributed by atoms with van der Waals surface area (Å²) in [5, 5.41) is 11.2. The maximum absolute atomic E-state index is 13.0. The van der Waals surface area contributed by atoms with Crippen LogP contribution in [0.25, 0.3) is 5.76 Å². The first-order valence-corrected chi connectivity index (χ1v) is 9.76. The molecule has 5 nitrogen and oxygen atoms in total. The molecule has 1 aliphatic heterocycles. The van der Waals surface area contributed by atoms with Crippen LogP contribution in [0.4, 0.5) is 0 Å². The molecule has 4 rings (SSSR count). The smallest absolute Gasteiger partial charge is 0.295 e. The molecule has 0 radical (unpaired) electrons. The van der Waals surface area contributed by atoms with Gasteiger partial charge in [0.15, 0.2) is 0 Å². The second-order valence-electron chi connectivity index (χ2n) is 7.74. The van der Waals surface area contributed by atoms with Gasteiger partial charge in [-0.15, -0.1) is 0 Å². The summed E-state index contributed by atoms with van der Waals surface area (Å²) in [6.07, 6.45) is 7.18. The number of amides is 1. The van der Waals surface area contributed by atoms with Gasteiger partial charge in [0.05, 0.1) is 11.6 Å². The van der Waals surface area contributed by atoms with E-state index in [0.717, 1.165) is 42.4 Å². The number of ketones is 1. The number of aryl methyl sites for hydroxylation is 2. The molecule has 144 valence electrons. The summed E-state index contributed by atoms with van der Waals surface area (Å²) in [6, 6.07) is 8.81. The van der Waals surface area contributed by atoms with E-state index in [2.05, 4.69) is 4.98 Å². The van der Waals surface area contributed by atoms with Gasteiger partial charge in [0, 0.05) is 24.0 Å². The Hall–Kier alpha value is -2.95. The Morgan fingerprint density at radius 3 is 2.43 bits per heavy atom. The molecule has 1 saturated heterocycles. The fourth-order valence-electron chi connectivity index (χ4n) is 4.42. The molecular formula is C23H24N2O3. The maximum Gasteiger partial charge on any atom is 0.295 e. The van der Waals surface area contributed by atoms with Crippen molar-refractivity contribution in [3.8, 4) is 0 Å². The van der Waals surface area contributed by atoms with Crippen molar-refractivity contribution in [2.75, 3.05) is 0 Å². The lowest BCUT2D eigenvalue weighted by Gasteiger charge is -2.30. The van der Waals surface area contributed by atoms with E-state index in [1.54, 1.807) is 17.3 Å². The number of carbonyl (C=O) groups excluding carboxylic acids is 2. The quantitative estimate of drug-likeness (QED) is 0.498. The van der Waals surface area contributed by atoms with Gasteiger partial charge in [-0.3, -0.25) is 14.6 Å². The summed E-state index contributed by atoms with van der Waals surface area (Å²) in [5.74, 6) is -1.21. The number of aromatic nitrogens is 1. The molecule has 2 heterocycles. The summed E-state index contributed by atoms with van der Waals surface area (Å²) in [7, 11) is 0. The first-order valence-electron chi connectivity index (χ1n) is 9.76. The lowest BCUT2D eigenvalue weighted by atomic mass is 9.93. The lowest BCUT2D eigenvalue weighted by Crippen LogP contribution is -2.37. The standard InChI is InChI=1S/C23H24N2O3/c1-14-7-8-15(2)18(13-14)21(26)19-20(16-9-11-24-12-10-16)25(23(28)22(19)27)17-5-3-4-6-17/h7-13,17,20,26H,3-6H2,1-2H3/b21-19+. The Balaban J connectivity index is 1.92. The van der Waals surface area contributed by atoms with Crippen LogP contribution in [0.2, 0.25) is 0 Å². The number of aliphatic hydroxyl groups is 1. The zero-order valence-electron chi connectivity index (χ0n) is 16.2. The SMILES string of the molecule is Cc1ccc(C)c(/C(O)=C2\C(=O)C(=O)N(C3CCCC3)C2c2ccncc2)c1. The van der Waals surface area contributed by atoms with E-state index in [-0.39, 0.29) is 17.4 Å². The third-order valence-electron chi connectivity index (χ3n) is 5.87. The summed E-state index contributed by atoms with van der Waals surface area (Å²) in [6.45, 7) is 3.83. The Morgan fingerprint density at radius 2 is 1.75 bits per heavy atom. The average molecular weight is 376 g/mol. The molecule has 1 aromatic carbocycles. The molecule has 2 fully saturated rings. The van der Waals surface area contributed by atoms with Crippen molar-refractivity contribution in [3.63, 3.8) is 0 Å². The predicted octanol–water partition coefficient (Wildman–Crippen LogP) is 4.06. The van der Waals surface area contributed by atoms with E-state index >= 15 is 0 Å². The van der Waals surface area contributed by atoms with Crippen LogP contribution < -0.4 is 0 Å². The van der Waals surface area contributed by atoms with Crippen molar-refractivity contribution in [3.05, 3.63) is 70.6 Å². The first-order chi connectivity index (χ1) is 13.5. The molecule has 2 aromatic rings. The highest BCUT2D eigenvalue weighted by atomic mass is 16.3. The summed E-state index contributed by atoms with van der Waals surface area (Å²) >= 11 is 0. The van der Waals surface area contributed by atoms with Gasteiger partial charge in [0.25, 0.3) is 11.7 Å². The minimum Gasteiger partial charge on any atom is -0.507 e. The summed E-state index contributed by atoms with van der Waals surface area (Å²) in [5.41, 5.74) is 3.43. The van der Waals surface area contributed by atoms with E-state index in [1.165, 1.54) is 0 Å². The molecule has 1 unspecified atom stereocenters. The minimum absolute atomic E-state index is 0.0264. The molecule has 1 atom stereocenters. The fourth-order valence-corrected chi connectivity index (χ4v) is 4.42. The molecule has 0 bridgehead atoms. The highest BCUT2D eigenvalue weighted by Crippen LogP contribution is 2.43. The topological polar surface area (TPSA) is 70.5 Å². The zero-order valence-corrected chi connectivity index (χ0v) is 16.2. The number of pyridine rings is 1. The number of hydrogen-bond acceptors (Lipinski definition) is 4. The van der Waals surface area contributed by atoms with Gasteiger partial charge in [-0.1, -0.05) is 30.5 Å². The van der Waals surface area contributed by atoms with E-state index < -0.39 is 17.7 Å². The molecule has 1 aromatic heterocycles. The third kappa shape index (κ3) is 3.01. The number of Topliss-reactive ketones (excluding diaryl/α,β-unsaturated/α-hetero) is 1. The van der Waals surface area contributed by atoms with Crippen molar-refractivity contribution in [1.82, 2.24) is 9.88 Å². The van der Waals surface area contributed by atoms with Crippen molar-refractivity contribution in [2.45, 2.75) is 51.6 Å². The van der Waals surface area contributed by atoms with Crippen LogP contribution in [0.15, 0.2) is 48.3 Å².